The molecule has 0 unspecified atom stereocenters. The summed E-state index contributed by atoms with van der Waals surface area (Å²) >= 11 is 0. The number of fused-ring (bicyclic) bond motifs is 1. The molecular weight excluding hydrogens is 169 g/mol. The van der Waals surface area contributed by atoms with Gasteiger partial charge in [-0.2, -0.15) is 0 Å². The molecule has 7 heteroatoms. The number of H-pyrrole nitrogens is 1. The lowest BCUT2D eigenvalue weighted by molar-refractivity contribution is 1.14. The highest BCUT2D eigenvalue weighted by Crippen LogP contribution is 2.00. The van der Waals surface area contributed by atoms with Gasteiger partial charge in [0, 0.05) is 5.97 Å². The fourth-order valence-corrected chi connectivity index (χ4v) is 1.04. The van der Waals surface area contributed by atoms with Crippen molar-refractivity contribution in [3.8, 4) is 5.97 Å². The van der Waals surface area contributed by atoms with Crippen molar-refractivity contribution < 1.29 is 0 Å². The molecule has 0 amide bonds. The maximum Gasteiger partial charge on any atom is 0.392 e. The Morgan fingerprint density at radius 1 is 1.62 bits per heavy atom. The number of nitriles is 1. The van der Waals surface area contributed by atoms with Crippen LogP contribution in [0.15, 0.2) is 17.4 Å². The molecular formula is C6H3BN5O. The van der Waals surface area contributed by atoms with Gasteiger partial charge in [0.1, 0.15) is 5.52 Å². The SMILES string of the molecule is N#C[B]n1cnc2nc[nH]c(=O)c21. The minimum absolute atomic E-state index is 0.282. The zero-order valence-electron chi connectivity index (χ0n) is 6.43. The third-order valence-corrected chi connectivity index (χ3v) is 1.57. The zero-order valence-corrected chi connectivity index (χ0v) is 6.43. The summed E-state index contributed by atoms with van der Waals surface area (Å²) in [4.78, 5) is 21.3. The zero-order chi connectivity index (χ0) is 9.26. The van der Waals surface area contributed by atoms with Crippen molar-refractivity contribution in [3.63, 3.8) is 0 Å². The molecule has 0 aliphatic carbocycles. The number of hydrogen-bond donors (Lipinski definition) is 1. The first-order valence-corrected chi connectivity index (χ1v) is 3.46. The van der Waals surface area contributed by atoms with E-state index >= 15 is 0 Å². The van der Waals surface area contributed by atoms with Crippen LogP contribution in [0.2, 0.25) is 0 Å². The highest BCUT2D eigenvalue weighted by atomic mass is 16.1. The van der Waals surface area contributed by atoms with Crippen LogP contribution in [0.5, 0.6) is 0 Å². The summed E-state index contributed by atoms with van der Waals surface area (Å²) in [6.45, 7) is 0. The van der Waals surface area contributed by atoms with Gasteiger partial charge in [-0.3, -0.25) is 4.79 Å². The van der Waals surface area contributed by atoms with E-state index in [1.54, 1.807) is 5.97 Å². The molecule has 1 radical (unpaired) electrons. The number of rotatable bonds is 1. The Morgan fingerprint density at radius 3 is 3.23 bits per heavy atom. The van der Waals surface area contributed by atoms with E-state index in [0.29, 0.717) is 5.65 Å². The molecule has 1 N–H and O–H groups in total. The Morgan fingerprint density at radius 2 is 2.46 bits per heavy atom. The van der Waals surface area contributed by atoms with E-state index in [2.05, 4.69) is 15.0 Å². The Hall–Kier alpha value is -2.10. The van der Waals surface area contributed by atoms with Crippen LogP contribution in [0, 0.1) is 11.2 Å². The average Bonchev–Trinajstić information content (AvgIpc) is 2.51. The van der Waals surface area contributed by atoms with Crippen molar-refractivity contribution >= 4 is 18.6 Å². The van der Waals surface area contributed by atoms with Crippen LogP contribution >= 0.6 is 0 Å². The van der Waals surface area contributed by atoms with Gasteiger partial charge in [-0.15, -0.1) is 0 Å². The topological polar surface area (TPSA) is 87.4 Å². The van der Waals surface area contributed by atoms with Gasteiger partial charge in [0.15, 0.2) is 5.65 Å². The van der Waals surface area contributed by atoms with Gasteiger partial charge in [0.2, 0.25) is 0 Å². The summed E-state index contributed by atoms with van der Waals surface area (Å²) in [6.07, 6.45) is 2.64. The van der Waals surface area contributed by atoms with Crippen LogP contribution in [0.25, 0.3) is 11.2 Å². The number of hydrogen-bond acceptors (Lipinski definition) is 4. The minimum atomic E-state index is -0.311. The molecule has 2 aromatic rings. The molecule has 0 fully saturated rings. The summed E-state index contributed by atoms with van der Waals surface area (Å²) in [6, 6.07) is 0. The molecule has 0 aromatic carbocycles. The predicted octanol–water partition coefficient (Wildman–Crippen LogP) is -0.932. The summed E-state index contributed by atoms with van der Waals surface area (Å²) in [5.74, 6) is 1.81. The highest BCUT2D eigenvalue weighted by Gasteiger charge is 2.07. The van der Waals surface area contributed by atoms with Crippen LogP contribution < -0.4 is 5.56 Å². The van der Waals surface area contributed by atoms with Crippen molar-refractivity contribution in [3.05, 3.63) is 23.0 Å². The monoisotopic (exact) mass is 172 g/mol. The smallest absolute Gasteiger partial charge is 0.359 e. The molecule has 0 spiro atoms. The standard InChI is InChI=1S/C6H3BN5O/c8-1-7-12-3-11-5-4(12)6(13)10-2-9-5/h2-3H,(H,9,10,13). The number of nitrogens with zero attached hydrogens (tertiary/aromatic N) is 4. The molecule has 2 aromatic heterocycles. The van der Waals surface area contributed by atoms with Crippen molar-refractivity contribution in [2.75, 3.05) is 0 Å². The van der Waals surface area contributed by atoms with Crippen LogP contribution in [0.1, 0.15) is 0 Å². The van der Waals surface area contributed by atoms with Crippen molar-refractivity contribution in [1.29, 1.82) is 5.26 Å². The Kier molecular flexibility index (Phi) is 1.60. The molecule has 0 aliphatic heterocycles. The predicted molar refractivity (Wildman–Crippen MR) is 44.9 cm³/mol. The summed E-state index contributed by atoms with van der Waals surface area (Å²) in [5.41, 5.74) is 0.299. The van der Waals surface area contributed by atoms with Crippen LogP contribution in [0.4, 0.5) is 0 Å². The van der Waals surface area contributed by atoms with Gasteiger partial charge in [0.25, 0.3) is 5.56 Å². The molecule has 0 saturated carbocycles. The lowest BCUT2D eigenvalue weighted by Gasteiger charge is -1.91. The van der Waals surface area contributed by atoms with E-state index in [4.69, 9.17) is 5.26 Å². The number of imidazole rings is 1. The average molecular weight is 172 g/mol. The first-order chi connectivity index (χ1) is 6.33. The largest absolute Gasteiger partial charge is 0.392 e. The Bertz CT molecular complexity index is 536. The van der Waals surface area contributed by atoms with Gasteiger partial charge in [-0.05, 0) is 0 Å². The molecule has 13 heavy (non-hydrogen) atoms. The van der Waals surface area contributed by atoms with Crippen LogP contribution in [-0.2, 0) is 0 Å². The van der Waals surface area contributed by atoms with Gasteiger partial charge in [-0.25, -0.2) is 15.2 Å². The Balaban J connectivity index is 2.80. The van der Waals surface area contributed by atoms with Crippen molar-refractivity contribution in [1.82, 2.24) is 19.4 Å². The quantitative estimate of drug-likeness (QED) is 0.562. The van der Waals surface area contributed by atoms with Gasteiger partial charge in [0.05, 0.1) is 12.7 Å². The molecule has 2 heterocycles. The van der Waals surface area contributed by atoms with E-state index in [0.717, 1.165) is 0 Å². The second-order valence-corrected chi connectivity index (χ2v) is 2.31. The maximum absolute atomic E-state index is 11.2. The molecule has 0 saturated heterocycles. The summed E-state index contributed by atoms with van der Waals surface area (Å²) in [5, 5.41) is 8.40. The van der Waals surface area contributed by atoms with Gasteiger partial charge < -0.3 is 9.46 Å². The summed E-state index contributed by atoms with van der Waals surface area (Å²) < 4.78 is 1.33. The first-order valence-electron chi connectivity index (χ1n) is 3.46. The second kappa shape index (κ2) is 2.75. The molecule has 61 valence electrons. The minimum Gasteiger partial charge on any atom is -0.359 e. The second-order valence-electron chi connectivity index (χ2n) is 2.31. The fraction of sp³-hybridized carbons (Fsp3) is 0. The first kappa shape index (κ1) is 7.55. The van der Waals surface area contributed by atoms with E-state index < -0.39 is 0 Å². The third kappa shape index (κ3) is 1.08. The molecule has 6 nitrogen and oxygen atoms in total. The number of aromatic nitrogens is 4. The Labute approximate surface area is 73.1 Å². The molecule has 0 aliphatic rings. The van der Waals surface area contributed by atoms with Gasteiger partial charge in [-0.1, -0.05) is 0 Å². The summed E-state index contributed by atoms with van der Waals surface area (Å²) in [7, 11) is 1.19. The maximum atomic E-state index is 11.2. The number of nitrogens with one attached hydrogen (secondary N) is 1. The van der Waals surface area contributed by atoms with Crippen molar-refractivity contribution in [2.45, 2.75) is 0 Å². The van der Waals surface area contributed by atoms with E-state index in [-0.39, 0.29) is 11.1 Å². The van der Waals surface area contributed by atoms with E-state index in [9.17, 15) is 4.79 Å². The lowest BCUT2D eigenvalue weighted by atomic mass is 9.98. The highest BCUT2D eigenvalue weighted by molar-refractivity contribution is 6.44. The molecule has 2 rings (SSSR count). The van der Waals surface area contributed by atoms with E-state index in [1.807, 2.05) is 0 Å². The lowest BCUT2D eigenvalue weighted by Crippen LogP contribution is -2.13. The van der Waals surface area contributed by atoms with Crippen molar-refractivity contribution in [2.24, 2.45) is 0 Å². The fourth-order valence-electron chi connectivity index (χ4n) is 1.04. The molecule has 0 atom stereocenters. The van der Waals surface area contributed by atoms with Crippen LogP contribution in [-0.4, -0.2) is 26.8 Å². The van der Waals surface area contributed by atoms with Crippen LogP contribution in [0.3, 0.4) is 0 Å². The molecule has 0 bridgehead atoms. The number of aromatic amines is 1. The normalized spacial score (nSPS) is 9.77. The van der Waals surface area contributed by atoms with E-state index in [1.165, 1.54) is 24.5 Å². The third-order valence-electron chi connectivity index (χ3n) is 1.57. The van der Waals surface area contributed by atoms with Gasteiger partial charge >= 0.3 is 7.41 Å².